The largest absolute Gasteiger partial charge is 0.212 e. The number of rotatable bonds is 4. The normalized spacial score (nSPS) is 13.8. The average Bonchev–Trinajstić information content (AvgIpc) is 1.96. The number of nitrogens with zero attached hydrogens (tertiary/aromatic N) is 1. The highest BCUT2D eigenvalue weighted by atomic mass is 32.2. The van der Waals surface area contributed by atoms with Gasteiger partial charge in [-0.05, 0) is 38.5 Å². The van der Waals surface area contributed by atoms with Crippen LogP contribution in [0.5, 0.6) is 0 Å². The maximum absolute atomic E-state index is 11.8. The molecule has 0 bridgehead atoms. The minimum Gasteiger partial charge on any atom is -0.212 e. The third-order valence-corrected chi connectivity index (χ3v) is 4.92. The van der Waals surface area contributed by atoms with Crippen molar-refractivity contribution >= 4 is 10.0 Å². The van der Waals surface area contributed by atoms with Crippen LogP contribution in [-0.4, -0.2) is 31.1 Å². The van der Waals surface area contributed by atoms with E-state index in [-0.39, 0.29) is 33.2 Å². The van der Waals surface area contributed by atoms with Gasteiger partial charge < -0.3 is 0 Å². The standard InChI is InChI=1S/C13H29NO2S.3CH4/c1-11(12(2,3)4)9-10-14(13(5,6)7)17(8,15)16;;;/h11H,9-10H2,1-8H3;3*1H4. The van der Waals surface area contributed by atoms with E-state index in [1.54, 1.807) is 4.31 Å². The van der Waals surface area contributed by atoms with Crippen LogP contribution in [0, 0.1) is 11.3 Å². The predicted octanol–water partition coefficient (Wildman–Crippen LogP) is 5.03. The zero-order chi connectivity index (χ0) is 14.1. The van der Waals surface area contributed by atoms with E-state index in [0.717, 1.165) is 6.42 Å². The maximum Gasteiger partial charge on any atom is 0.211 e. The van der Waals surface area contributed by atoms with Gasteiger partial charge >= 0.3 is 0 Å². The van der Waals surface area contributed by atoms with Crippen molar-refractivity contribution in [2.45, 2.75) is 82.7 Å². The second-order valence-electron chi connectivity index (χ2n) is 7.06. The van der Waals surface area contributed by atoms with Gasteiger partial charge in [-0.25, -0.2) is 8.42 Å². The molecule has 0 aromatic rings. The topological polar surface area (TPSA) is 37.4 Å². The lowest BCUT2D eigenvalue weighted by Gasteiger charge is -2.36. The van der Waals surface area contributed by atoms with E-state index in [0.29, 0.717) is 12.5 Å². The molecule has 0 fully saturated rings. The monoisotopic (exact) mass is 311 g/mol. The van der Waals surface area contributed by atoms with E-state index in [4.69, 9.17) is 0 Å². The SMILES string of the molecule is C.C.C.CC(CCN(C(C)(C)C)S(C)(=O)=O)C(C)(C)C. The summed E-state index contributed by atoms with van der Waals surface area (Å²) in [6.45, 7) is 15.2. The second-order valence-corrected chi connectivity index (χ2v) is 8.97. The highest BCUT2D eigenvalue weighted by Gasteiger charge is 2.30. The lowest BCUT2D eigenvalue weighted by atomic mass is 9.80. The highest BCUT2D eigenvalue weighted by molar-refractivity contribution is 7.88. The van der Waals surface area contributed by atoms with Gasteiger partial charge in [0, 0.05) is 12.1 Å². The third-order valence-electron chi connectivity index (χ3n) is 3.39. The zero-order valence-electron chi connectivity index (χ0n) is 12.7. The molecule has 3 nitrogen and oxygen atoms in total. The Morgan fingerprint density at radius 1 is 0.950 bits per heavy atom. The molecule has 4 heteroatoms. The van der Waals surface area contributed by atoms with Crippen molar-refractivity contribution in [1.82, 2.24) is 4.31 Å². The first-order valence-electron chi connectivity index (χ1n) is 6.24. The summed E-state index contributed by atoms with van der Waals surface area (Å²) in [6.07, 6.45) is 2.19. The van der Waals surface area contributed by atoms with Crippen LogP contribution in [0.25, 0.3) is 0 Å². The molecule has 0 spiro atoms. The first-order chi connectivity index (χ1) is 7.26. The van der Waals surface area contributed by atoms with Gasteiger partial charge in [-0.15, -0.1) is 0 Å². The van der Waals surface area contributed by atoms with Gasteiger partial charge in [-0.2, -0.15) is 4.31 Å². The summed E-state index contributed by atoms with van der Waals surface area (Å²) in [5.41, 5.74) is -0.119. The van der Waals surface area contributed by atoms with Gasteiger partial charge in [-0.1, -0.05) is 50.0 Å². The zero-order valence-corrected chi connectivity index (χ0v) is 13.5. The Hall–Kier alpha value is -0.0900. The van der Waals surface area contributed by atoms with Crippen LogP contribution in [0.15, 0.2) is 0 Å². The Morgan fingerprint density at radius 2 is 1.30 bits per heavy atom. The first-order valence-corrected chi connectivity index (χ1v) is 8.09. The quantitative estimate of drug-likeness (QED) is 0.730. The van der Waals surface area contributed by atoms with Gasteiger partial charge in [0.25, 0.3) is 0 Å². The fourth-order valence-electron chi connectivity index (χ4n) is 1.74. The van der Waals surface area contributed by atoms with Gasteiger partial charge in [0.2, 0.25) is 10.0 Å². The minimum absolute atomic E-state index is 0. The number of sulfonamides is 1. The van der Waals surface area contributed by atoms with Crippen LogP contribution in [0.1, 0.15) is 77.2 Å². The summed E-state index contributed by atoms with van der Waals surface area (Å²) in [7, 11) is -3.13. The summed E-state index contributed by atoms with van der Waals surface area (Å²) in [6, 6.07) is 0. The van der Waals surface area contributed by atoms with Crippen molar-refractivity contribution in [2.24, 2.45) is 11.3 Å². The molecule has 128 valence electrons. The summed E-state index contributed by atoms with van der Waals surface area (Å²) in [5.74, 6) is 0.495. The van der Waals surface area contributed by atoms with Crippen molar-refractivity contribution in [3.8, 4) is 0 Å². The Morgan fingerprint density at radius 3 is 1.50 bits per heavy atom. The van der Waals surface area contributed by atoms with Crippen molar-refractivity contribution in [2.75, 3.05) is 12.8 Å². The fourth-order valence-corrected chi connectivity index (χ4v) is 3.17. The third kappa shape index (κ3) is 9.76. The van der Waals surface area contributed by atoms with Crippen LogP contribution in [0.2, 0.25) is 0 Å². The molecular weight excluding hydrogens is 270 g/mol. The molecule has 20 heavy (non-hydrogen) atoms. The minimum atomic E-state index is -3.13. The van der Waals surface area contributed by atoms with Crippen molar-refractivity contribution in [3.05, 3.63) is 0 Å². The predicted molar refractivity (Wildman–Crippen MR) is 94.7 cm³/mol. The molecule has 1 atom stereocenters. The van der Waals surface area contributed by atoms with Crippen LogP contribution in [-0.2, 0) is 10.0 Å². The molecule has 0 aliphatic rings. The van der Waals surface area contributed by atoms with Crippen molar-refractivity contribution in [1.29, 1.82) is 0 Å². The lowest BCUT2D eigenvalue weighted by Crippen LogP contribution is -2.46. The highest BCUT2D eigenvalue weighted by Crippen LogP contribution is 2.29. The molecule has 0 amide bonds. The Kier molecular flexibility index (Phi) is 12.7. The Labute approximate surface area is 130 Å². The summed E-state index contributed by atoms with van der Waals surface area (Å²) in [5, 5.41) is 0. The lowest BCUT2D eigenvalue weighted by molar-refractivity contribution is 0.192. The molecule has 0 aromatic carbocycles. The molecule has 0 radical (unpaired) electrons. The Balaban J connectivity index is -0.000000427. The van der Waals surface area contributed by atoms with Crippen molar-refractivity contribution < 1.29 is 8.42 Å². The van der Waals surface area contributed by atoms with Crippen LogP contribution < -0.4 is 0 Å². The van der Waals surface area contributed by atoms with Crippen molar-refractivity contribution in [3.63, 3.8) is 0 Å². The molecule has 0 heterocycles. The first kappa shape index (κ1) is 28.1. The number of hydrogen-bond acceptors (Lipinski definition) is 2. The maximum atomic E-state index is 11.8. The number of hydrogen-bond donors (Lipinski definition) is 0. The molecule has 0 saturated carbocycles. The van der Waals surface area contributed by atoms with E-state index in [1.165, 1.54) is 6.26 Å². The molecule has 0 rings (SSSR count). The molecular formula is C16H41NO2S. The summed E-state index contributed by atoms with van der Waals surface area (Å²) in [4.78, 5) is 0. The summed E-state index contributed by atoms with van der Waals surface area (Å²) < 4.78 is 25.1. The van der Waals surface area contributed by atoms with E-state index >= 15 is 0 Å². The molecule has 0 saturated heterocycles. The smallest absolute Gasteiger partial charge is 0.211 e. The average molecular weight is 312 g/mol. The summed E-state index contributed by atoms with van der Waals surface area (Å²) >= 11 is 0. The molecule has 1 unspecified atom stereocenters. The van der Waals surface area contributed by atoms with Gasteiger partial charge in [0.15, 0.2) is 0 Å². The van der Waals surface area contributed by atoms with E-state index in [2.05, 4.69) is 27.7 Å². The van der Waals surface area contributed by atoms with E-state index < -0.39 is 10.0 Å². The molecule has 0 aliphatic heterocycles. The Bertz CT molecular complexity index is 334. The fraction of sp³-hybridized carbons (Fsp3) is 1.00. The van der Waals surface area contributed by atoms with Gasteiger partial charge in [0.1, 0.15) is 0 Å². The molecule has 0 aliphatic carbocycles. The van der Waals surface area contributed by atoms with E-state index in [9.17, 15) is 8.42 Å². The van der Waals surface area contributed by atoms with Crippen LogP contribution in [0.3, 0.4) is 0 Å². The van der Waals surface area contributed by atoms with E-state index in [1.807, 2.05) is 20.8 Å². The van der Waals surface area contributed by atoms with Crippen LogP contribution in [0.4, 0.5) is 0 Å². The van der Waals surface area contributed by atoms with Crippen LogP contribution >= 0.6 is 0 Å². The van der Waals surface area contributed by atoms with Gasteiger partial charge in [0.05, 0.1) is 6.26 Å². The molecule has 0 aromatic heterocycles. The van der Waals surface area contributed by atoms with Gasteiger partial charge in [-0.3, -0.25) is 0 Å². The molecule has 0 N–H and O–H groups in total. The second kappa shape index (κ2) is 9.04.